The number of aryl methyl sites for hydroxylation is 2. The van der Waals surface area contributed by atoms with Crippen LogP contribution in [0.2, 0.25) is 0 Å². The van der Waals surface area contributed by atoms with E-state index in [4.69, 9.17) is 5.73 Å². The molecule has 0 saturated carbocycles. The van der Waals surface area contributed by atoms with Gasteiger partial charge in [0, 0.05) is 44.5 Å². The van der Waals surface area contributed by atoms with E-state index < -0.39 is 0 Å². The van der Waals surface area contributed by atoms with Crippen molar-refractivity contribution in [3.8, 4) is 0 Å². The molecule has 0 spiro atoms. The fraction of sp³-hybridized carbons (Fsp3) is 0.471. The van der Waals surface area contributed by atoms with Crippen molar-refractivity contribution < 1.29 is 0 Å². The highest BCUT2D eigenvalue weighted by molar-refractivity contribution is 5.85. The quantitative estimate of drug-likeness (QED) is 0.852. The minimum absolute atomic E-state index is 0. The summed E-state index contributed by atoms with van der Waals surface area (Å²) in [5.74, 6) is 0. The van der Waals surface area contributed by atoms with Crippen molar-refractivity contribution in [2.45, 2.75) is 26.8 Å². The second-order valence-electron chi connectivity index (χ2n) is 5.57. The van der Waals surface area contributed by atoms with Gasteiger partial charge in [-0.25, -0.2) is 0 Å². The number of halogens is 1. The monoisotopic (exact) mass is 322 g/mol. The Bertz CT molecular complexity index is 566. The topological polar surface area (TPSA) is 47.1 Å². The maximum Gasteiger partial charge on any atom is 0.0641 e. The molecule has 0 saturated heterocycles. The van der Waals surface area contributed by atoms with Crippen LogP contribution in [-0.4, -0.2) is 34.3 Å². The molecule has 1 heterocycles. The van der Waals surface area contributed by atoms with Crippen LogP contribution in [0.1, 0.15) is 22.5 Å². The maximum absolute atomic E-state index is 5.77. The van der Waals surface area contributed by atoms with Crippen LogP contribution < -0.4 is 5.73 Å². The summed E-state index contributed by atoms with van der Waals surface area (Å²) < 4.78 is 1.96. The fourth-order valence-electron chi connectivity index (χ4n) is 2.65. The van der Waals surface area contributed by atoms with E-state index in [2.05, 4.69) is 54.2 Å². The first-order valence-electron chi connectivity index (χ1n) is 7.57. The molecule has 22 heavy (non-hydrogen) atoms. The van der Waals surface area contributed by atoms with Gasteiger partial charge >= 0.3 is 0 Å². The van der Waals surface area contributed by atoms with Crippen LogP contribution in [-0.2, 0) is 20.0 Å². The summed E-state index contributed by atoms with van der Waals surface area (Å²) in [4.78, 5) is 2.42. The van der Waals surface area contributed by atoms with Gasteiger partial charge in [0.2, 0.25) is 0 Å². The molecule has 0 atom stereocenters. The van der Waals surface area contributed by atoms with Crippen molar-refractivity contribution >= 4 is 12.4 Å². The number of nitrogens with zero attached hydrogens (tertiary/aromatic N) is 3. The summed E-state index contributed by atoms with van der Waals surface area (Å²) in [6.07, 6.45) is 1.05. The van der Waals surface area contributed by atoms with E-state index in [0.29, 0.717) is 6.54 Å². The Morgan fingerprint density at radius 1 is 1.14 bits per heavy atom. The SMILES string of the molecule is Cc1nn(C)c(C)c1CN(CCN)CCc1ccccc1.Cl. The molecule has 122 valence electrons. The third kappa shape index (κ3) is 4.83. The Morgan fingerprint density at radius 3 is 2.36 bits per heavy atom. The van der Waals surface area contributed by atoms with Crippen LogP contribution in [0, 0.1) is 13.8 Å². The molecule has 1 aromatic heterocycles. The lowest BCUT2D eigenvalue weighted by atomic mass is 10.1. The molecule has 0 fully saturated rings. The van der Waals surface area contributed by atoms with Gasteiger partial charge in [-0.15, -0.1) is 12.4 Å². The number of hydrogen-bond acceptors (Lipinski definition) is 3. The summed E-state index contributed by atoms with van der Waals surface area (Å²) in [6, 6.07) is 10.6. The molecule has 1 aromatic carbocycles. The van der Waals surface area contributed by atoms with Crippen molar-refractivity contribution in [1.29, 1.82) is 0 Å². The van der Waals surface area contributed by atoms with Crippen molar-refractivity contribution in [2.75, 3.05) is 19.6 Å². The summed E-state index contributed by atoms with van der Waals surface area (Å²) in [5, 5.41) is 4.50. The van der Waals surface area contributed by atoms with Crippen molar-refractivity contribution in [2.24, 2.45) is 12.8 Å². The summed E-state index contributed by atoms with van der Waals surface area (Å²) >= 11 is 0. The van der Waals surface area contributed by atoms with Crippen LogP contribution in [0.3, 0.4) is 0 Å². The third-order valence-corrected chi connectivity index (χ3v) is 4.05. The standard InChI is InChI=1S/C17H26N4.ClH/c1-14-17(15(2)20(3)19-14)13-21(12-10-18)11-9-16-7-5-4-6-8-16;/h4-8H,9-13,18H2,1-3H3;1H. The van der Waals surface area contributed by atoms with Crippen LogP contribution in [0.25, 0.3) is 0 Å². The second-order valence-corrected chi connectivity index (χ2v) is 5.57. The van der Waals surface area contributed by atoms with Crippen LogP contribution >= 0.6 is 12.4 Å². The molecule has 0 aliphatic carbocycles. The van der Waals surface area contributed by atoms with Crippen molar-refractivity contribution in [1.82, 2.24) is 14.7 Å². The zero-order valence-electron chi connectivity index (χ0n) is 13.7. The number of aromatic nitrogens is 2. The Kier molecular flexibility index (Phi) is 7.59. The minimum Gasteiger partial charge on any atom is -0.329 e. The molecule has 0 aliphatic heterocycles. The Morgan fingerprint density at radius 2 is 1.82 bits per heavy atom. The normalized spacial score (nSPS) is 10.8. The highest BCUT2D eigenvalue weighted by Crippen LogP contribution is 2.15. The van der Waals surface area contributed by atoms with Gasteiger partial charge in [0.1, 0.15) is 0 Å². The summed E-state index contributed by atoms with van der Waals surface area (Å²) in [6.45, 7) is 7.77. The molecule has 2 N–H and O–H groups in total. The fourth-order valence-corrected chi connectivity index (χ4v) is 2.65. The highest BCUT2D eigenvalue weighted by atomic mass is 35.5. The molecule has 2 aromatic rings. The largest absolute Gasteiger partial charge is 0.329 e. The van der Waals surface area contributed by atoms with E-state index in [1.165, 1.54) is 16.8 Å². The summed E-state index contributed by atoms with van der Waals surface area (Å²) in [7, 11) is 2.00. The predicted molar refractivity (Wildman–Crippen MR) is 94.4 cm³/mol. The molecule has 4 nitrogen and oxygen atoms in total. The van der Waals surface area contributed by atoms with Gasteiger partial charge in [-0.2, -0.15) is 5.10 Å². The minimum atomic E-state index is 0. The van der Waals surface area contributed by atoms with Crippen LogP contribution in [0.4, 0.5) is 0 Å². The van der Waals surface area contributed by atoms with Crippen molar-refractivity contribution in [3.63, 3.8) is 0 Å². The lowest BCUT2D eigenvalue weighted by molar-refractivity contribution is 0.275. The van der Waals surface area contributed by atoms with Crippen LogP contribution in [0.15, 0.2) is 30.3 Å². The van der Waals surface area contributed by atoms with Gasteiger partial charge in [0.05, 0.1) is 5.69 Å². The highest BCUT2D eigenvalue weighted by Gasteiger charge is 2.13. The summed E-state index contributed by atoms with van der Waals surface area (Å²) in [5.41, 5.74) is 10.8. The Hall–Kier alpha value is -1.36. The smallest absolute Gasteiger partial charge is 0.0641 e. The molecular weight excluding hydrogens is 296 g/mol. The Labute approximate surface area is 139 Å². The molecule has 5 heteroatoms. The van der Waals surface area contributed by atoms with E-state index in [1.807, 2.05) is 11.7 Å². The van der Waals surface area contributed by atoms with E-state index in [-0.39, 0.29) is 12.4 Å². The first-order chi connectivity index (χ1) is 10.1. The second kappa shape index (κ2) is 8.93. The number of rotatable bonds is 7. The van der Waals surface area contributed by atoms with Gasteiger partial charge in [-0.1, -0.05) is 30.3 Å². The van der Waals surface area contributed by atoms with E-state index in [0.717, 1.165) is 31.7 Å². The lowest BCUT2D eigenvalue weighted by Gasteiger charge is -2.22. The molecule has 0 aliphatic rings. The Balaban J connectivity index is 0.00000242. The van der Waals surface area contributed by atoms with Crippen LogP contribution in [0.5, 0.6) is 0 Å². The van der Waals surface area contributed by atoms with Gasteiger partial charge in [-0.3, -0.25) is 9.58 Å². The van der Waals surface area contributed by atoms with Gasteiger partial charge < -0.3 is 5.73 Å². The average Bonchev–Trinajstić information content (AvgIpc) is 2.72. The predicted octanol–water partition coefficient (Wildman–Crippen LogP) is 2.46. The number of hydrogen-bond donors (Lipinski definition) is 1. The molecule has 0 radical (unpaired) electrons. The molecule has 0 bridgehead atoms. The first kappa shape index (κ1) is 18.7. The van der Waals surface area contributed by atoms with Gasteiger partial charge in [0.15, 0.2) is 0 Å². The van der Waals surface area contributed by atoms with Crippen molar-refractivity contribution in [3.05, 3.63) is 52.8 Å². The molecule has 0 unspecified atom stereocenters. The van der Waals surface area contributed by atoms with E-state index in [1.54, 1.807) is 0 Å². The first-order valence-corrected chi connectivity index (χ1v) is 7.57. The zero-order valence-corrected chi connectivity index (χ0v) is 14.6. The molecule has 2 rings (SSSR count). The lowest BCUT2D eigenvalue weighted by Crippen LogP contribution is -2.31. The third-order valence-electron chi connectivity index (χ3n) is 4.05. The van der Waals surface area contributed by atoms with Gasteiger partial charge in [0.25, 0.3) is 0 Å². The van der Waals surface area contributed by atoms with E-state index >= 15 is 0 Å². The molecule has 0 amide bonds. The number of nitrogens with two attached hydrogens (primary N) is 1. The zero-order chi connectivity index (χ0) is 15.2. The maximum atomic E-state index is 5.77. The molecular formula is C17H27ClN4. The van der Waals surface area contributed by atoms with Gasteiger partial charge in [-0.05, 0) is 25.8 Å². The average molecular weight is 323 g/mol. The number of benzene rings is 1. The van der Waals surface area contributed by atoms with E-state index in [9.17, 15) is 0 Å².